The molecule has 5 atom stereocenters. The van der Waals surface area contributed by atoms with Gasteiger partial charge in [-0.3, -0.25) is 0 Å². The van der Waals surface area contributed by atoms with Gasteiger partial charge in [-0.25, -0.2) is 0 Å². The molecule has 0 radical (unpaired) electrons. The predicted molar refractivity (Wildman–Crippen MR) is 124 cm³/mol. The Labute approximate surface area is 175 Å². The Kier molecular flexibility index (Phi) is 7.11. The molecule has 0 aromatic rings. The van der Waals surface area contributed by atoms with Gasteiger partial charge in [-0.1, -0.05) is 76.6 Å². The number of hydrogen-bond acceptors (Lipinski definition) is 0. The molecule has 3 saturated carbocycles. The molecule has 0 nitrogen and oxygen atoms in total. The predicted octanol–water partition coefficient (Wildman–Crippen LogP) is 8.67. The van der Waals surface area contributed by atoms with Gasteiger partial charge in [0.15, 0.2) is 0 Å². The zero-order valence-corrected chi connectivity index (χ0v) is 19.3. The summed E-state index contributed by atoms with van der Waals surface area (Å²) in [4.78, 5) is 0. The number of fused-ring (bicyclic) bond motifs is 1. The van der Waals surface area contributed by atoms with Crippen molar-refractivity contribution in [2.24, 2.45) is 35.0 Å². The van der Waals surface area contributed by atoms with Crippen LogP contribution in [0.15, 0.2) is 47.6 Å². The van der Waals surface area contributed by atoms with Gasteiger partial charge in [0, 0.05) is 0 Å². The Bertz CT molecular complexity index is 643. The molecule has 0 aliphatic heterocycles. The van der Waals surface area contributed by atoms with Gasteiger partial charge in [0.25, 0.3) is 0 Å². The summed E-state index contributed by atoms with van der Waals surface area (Å²) in [6, 6.07) is 0. The Morgan fingerprint density at radius 3 is 2.39 bits per heavy atom. The molecule has 28 heavy (non-hydrogen) atoms. The third kappa shape index (κ3) is 4.58. The molecule has 3 aliphatic rings. The van der Waals surface area contributed by atoms with E-state index in [-0.39, 0.29) is 0 Å². The van der Waals surface area contributed by atoms with Crippen LogP contribution in [0.1, 0.15) is 92.4 Å². The van der Waals surface area contributed by atoms with E-state index < -0.39 is 0 Å². The highest BCUT2D eigenvalue weighted by Gasteiger charge is 2.50. The smallest absolute Gasteiger partial charge is 0.0143 e. The lowest BCUT2D eigenvalue weighted by Crippen LogP contribution is -2.35. The molecule has 3 fully saturated rings. The summed E-state index contributed by atoms with van der Waals surface area (Å²) >= 11 is 0. The van der Waals surface area contributed by atoms with Gasteiger partial charge in [-0.15, -0.1) is 0 Å². The van der Waals surface area contributed by atoms with Gasteiger partial charge in [-0.2, -0.15) is 0 Å². The van der Waals surface area contributed by atoms with Crippen molar-refractivity contribution in [2.45, 2.75) is 92.4 Å². The highest BCUT2D eigenvalue weighted by atomic mass is 14.5. The van der Waals surface area contributed by atoms with Crippen LogP contribution in [-0.4, -0.2) is 0 Å². The highest BCUT2D eigenvalue weighted by molar-refractivity contribution is 5.35. The average molecular weight is 381 g/mol. The molecular formula is C28H44. The van der Waals surface area contributed by atoms with Gasteiger partial charge in [0.1, 0.15) is 0 Å². The van der Waals surface area contributed by atoms with Gasteiger partial charge < -0.3 is 0 Å². The molecule has 1 unspecified atom stereocenters. The van der Waals surface area contributed by atoms with Crippen molar-refractivity contribution in [3.63, 3.8) is 0 Å². The maximum absolute atomic E-state index is 4.32. The first kappa shape index (κ1) is 21.7. The lowest BCUT2D eigenvalue weighted by molar-refractivity contribution is 0.112. The first-order valence-electron chi connectivity index (χ1n) is 12.1. The van der Waals surface area contributed by atoms with E-state index in [1.807, 2.05) is 0 Å². The summed E-state index contributed by atoms with van der Waals surface area (Å²) in [6.07, 6.45) is 22.0. The van der Waals surface area contributed by atoms with Crippen LogP contribution in [0, 0.1) is 35.0 Å². The van der Waals surface area contributed by atoms with E-state index in [2.05, 4.69) is 65.5 Å². The zero-order chi connectivity index (χ0) is 20.3. The average Bonchev–Trinajstić information content (AvgIpc) is 3.02. The van der Waals surface area contributed by atoms with Crippen LogP contribution in [0.2, 0.25) is 0 Å². The van der Waals surface area contributed by atoms with E-state index in [9.17, 15) is 0 Å². The van der Waals surface area contributed by atoms with Crippen molar-refractivity contribution in [3.8, 4) is 0 Å². The summed E-state index contributed by atoms with van der Waals surface area (Å²) < 4.78 is 0. The lowest BCUT2D eigenvalue weighted by Gasteiger charge is -2.44. The maximum atomic E-state index is 4.32. The fraction of sp³-hybridized carbons (Fsp3) is 0.714. The van der Waals surface area contributed by atoms with Gasteiger partial charge in [0.2, 0.25) is 0 Å². The minimum atomic E-state index is 0.497. The number of allylic oxidation sites excluding steroid dienone is 7. The van der Waals surface area contributed by atoms with Crippen molar-refractivity contribution in [2.75, 3.05) is 0 Å². The monoisotopic (exact) mass is 380 g/mol. The minimum Gasteiger partial charge on any atom is -0.0956 e. The molecule has 156 valence electrons. The molecule has 0 amide bonds. The molecule has 3 rings (SSSR count). The van der Waals surface area contributed by atoms with Crippen molar-refractivity contribution in [1.82, 2.24) is 0 Å². The number of hydrogen-bond donors (Lipinski definition) is 0. The third-order valence-electron chi connectivity index (χ3n) is 8.57. The Morgan fingerprint density at radius 2 is 1.68 bits per heavy atom. The Hall–Kier alpha value is -1.04. The Morgan fingerprint density at radius 1 is 0.929 bits per heavy atom. The van der Waals surface area contributed by atoms with Crippen LogP contribution in [0.3, 0.4) is 0 Å². The number of rotatable bonds is 5. The maximum Gasteiger partial charge on any atom is -0.0143 e. The van der Waals surface area contributed by atoms with Crippen molar-refractivity contribution in [3.05, 3.63) is 47.6 Å². The van der Waals surface area contributed by atoms with E-state index in [1.165, 1.54) is 68.9 Å². The van der Waals surface area contributed by atoms with Crippen LogP contribution >= 0.6 is 0 Å². The van der Waals surface area contributed by atoms with E-state index in [1.54, 1.807) is 5.57 Å². The minimum absolute atomic E-state index is 0.497. The van der Waals surface area contributed by atoms with Crippen LogP contribution < -0.4 is 0 Å². The Balaban J connectivity index is 1.74. The molecule has 0 spiro atoms. The van der Waals surface area contributed by atoms with Gasteiger partial charge >= 0.3 is 0 Å². The topological polar surface area (TPSA) is 0 Å². The zero-order valence-electron chi connectivity index (χ0n) is 19.3. The first-order valence-corrected chi connectivity index (χ1v) is 12.1. The third-order valence-corrected chi connectivity index (χ3v) is 8.57. The molecular weight excluding hydrogens is 336 g/mol. The van der Waals surface area contributed by atoms with Crippen LogP contribution in [0.4, 0.5) is 0 Å². The summed E-state index contributed by atoms with van der Waals surface area (Å²) in [5, 5.41) is 0. The molecule has 0 bridgehead atoms. The largest absolute Gasteiger partial charge is 0.0956 e. The summed E-state index contributed by atoms with van der Waals surface area (Å²) in [7, 11) is 0. The summed E-state index contributed by atoms with van der Waals surface area (Å²) in [6.45, 7) is 16.4. The molecule has 0 heterocycles. The molecule has 0 aromatic heterocycles. The van der Waals surface area contributed by atoms with Crippen molar-refractivity contribution in [1.29, 1.82) is 0 Å². The van der Waals surface area contributed by atoms with E-state index in [0.29, 0.717) is 17.3 Å². The summed E-state index contributed by atoms with van der Waals surface area (Å²) in [5.41, 5.74) is 5.16. The quantitative estimate of drug-likeness (QED) is 0.418. The molecule has 0 heteroatoms. The second-order valence-corrected chi connectivity index (χ2v) is 10.7. The molecule has 0 saturated heterocycles. The van der Waals surface area contributed by atoms with Gasteiger partial charge in [-0.05, 0) is 98.4 Å². The van der Waals surface area contributed by atoms with Crippen LogP contribution in [0.5, 0.6) is 0 Å². The normalized spacial score (nSPS) is 36.4. The lowest BCUT2D eigenvalue weighted by atomic mass is 9.61. The summed E-state index contributed by atoms with van der Waals surface area (Å²) in [5.74, 6) is 3.77. The second-order valence-electron chi connectivity index (χ2n) is 10.7. The highest BCUT2D eigenvalue weighted by Crippen LogP contribution is 2.59. The molecule has 3 aliphatic carbocycles. The first-order chi connectivity index (χ1) is 13.3. The fourth-order valence-electron chi connectivity index (χ4n) is 6.25. The van der Waals surface area contributed by atoms with E-state index in [0.717, 1.165) is 17.8 Å². The van der Waals surface area contributed by atoms with E-state index >= 15 is 0 Å². The van der Waals surface area contributed by atoms with Gasteiger partial charge in [0.05, 0.1) is 0 Å². The van der Waals surface area contributed by atoms with E-state index in [4.69, 9.17) is 0 Å². The molecule has 0 N–H and O–H groups in total. The SMILES string of the molecule is C=C1CCCCC1=CC=C1CCC[C@]2(C)C([C@H](C)C=C[C@H](C)C(C)C)CC[C@@H]12. The molecule has 0 aromatic carbocycles. The van der Waals surface area contributed by atoms with Crippen LogP contribution in [-0.2, 0) is 0 Å². The second kappa shape index (κ2) is 9.19. The van der Waals surface area contributed by atoms with Crippen molar-refractivity contribution < 1.29 is 0 Å². The standard InChI is InChI=1S/C28H44/c1-20(2)21(3)13-14-23(5)26-17-18-27-25(12-9-19-28(26,27)6)16-15-24-11-8-7-10-22(24)4/h13-16,20-21,23,26-27H,4,7-12,17-19H2,1-3,5-6H3/t21-,23+,26?,27-,28+/m0/s1. The van der Waals surface area contributed by atoms with Crippen LogP contribution in [0.25, 0.3) is 0 Å². The fourth-order valence-corrected chi connectivity index (χ4v) is 6.25. The van der Waals surface area contributed by atoms with Crippen molar-refractivity contribution >= 4 is 0 Å².